The Morgan fingerprint density at radius 1 is 1.00 bits per heavy atom. The van der Waals surface area contributed by atoms with E-state index >= 15 is 0 Å². The Balaban J connectivity index is 1.71. The number of rotatable bonds is 5. The van der Waals surface area contributed by atoms with Crippen LogP contribution in [0.1, 0.15) is 56.5 Å². The smallest absolute Gasteiger partial charge is 0.338 e. The van der Waals surface area contributed by atoms with Gasteiger partial charge in [-0.25, -0.2) is 4.79 Å². The molecule has 0 bridgehead atoms. The highest BCUT2D eigenvalue weighted by molar-refractivity contribution is 6.07. The molecule has 1 amide bonds. The summed E-state index contributed by atoms with van der Waals surface area (Å²) in [5.74, 6) is -1.15. The second-order valence-corrected chi connectivity index (χ2v) is 7.42. The van der Waals surface area contributed by atoms with E-state index in [1.807, 2.05) is 6.07 Å². The van der Waals surface area contributed by atoms with Crippen LogP contribution >= 0.6 is 0 Å². The third kappa shape index (κ3) is 4.09. The van der Waals surface area contributed by atoms with Crippen molar-refractivity contribution in [3.63, 3.8) is 0 Å². The van der Waals surface area contributed by atoms with Crippen molar-refractivity contribution in [3.8, 4) is 5.69 Å². The van der Waals surface area contributed by atoms with Gasteiger partial charge in [0.25, 0.3) is 11.5 Å². The van der Waals surface area contributed by atoms with Gasteiger partial charge in [-0.05, 0) is 62.2 Å². The first-order valence-electron chi connectivity index (χ1n) is 10.5. The van der Waals surface area contributed by atoms with E-state index in [1.165, 1.54) is 22.8 Å². The van der Waals surface area contributed by atoms with Gasteiger partial charge < -0.3 is 10.1 Å². The van der Waals surface area contributed by atoms with E-state index < -0.39 is 17.4 Å². The van der Waals surface area contributed by atoms with E-state index in [9.17, 15) is 19.2 Å². The number of hydrogen-bond donors (Lipinski definition) is 1. The number of esters is 1. The zero-order valence-corrected chi connectivity index (χ0v) is 17.6. The maximum Gasteiger partial charge on any atom is 0.338 e. The average molecular weight is 430 g/mol. The summed E-state index contributed by atoms with van der Waals surface area (Å²) >= 11 is 0. The van der Waals surface area contributed by atoms with Gasteiger partial charge in [-0.15, -0.1) is 0 Å². The summed E-state index contributed by atoms with van der Waals surface area (Å²) in [5.41, 5.74) is 1.82. The maximum atomic E-state index is 13.3. The van der Waals surface area contributed by atoms with Crippen molar-refractivity contribution in [2.24, 2.45) is 0 Å². The Kier molecular flexibility index (Phi) is 5.98. The van der Waals surface area contributed by atoms with Gasteiger partial charge in [0, 0.05) is 29.1 Å². The number of carbonyl (C=O) groups excluding carboxylic acids is 3. The Morgan fingerprint density at radius 3 is 2.41 bits per heavy atom. The number of fused-ring (bicyclic) bond motifs is 1. The highest BCUT2D eigenvalue weighted by Gasteiger charge is 2.26. The van der Waals surface area contributed by atoms with Gasteiger partial charge in [-0.1, -0.05) is 18.2 Å². The number of amides is 1. The molecule has 0 fully saturated rings. The zero-order chi connectivity index (χ0) is 22.7. The van der Waals surface area contributed by atoms with Crippen LogP contribution in [0.2, 0.25) is 0 Å². The lowest BCUT2D eigenvalue weighted by Crippen LogP contribution is -2.33. The number of para-hydroxylation sites is 1. The standard InChI is InChI=1S/C25H22N2O5/c1-2-32-25(31)16-11-13-17(14-12-16)26-23(29)20-15-19-21(9-6-10-22(19)28)27(24(20)30)18-7-4-3-5-8-18/h3-5,7-8,11-15H,2,6,9-10H2,1H3,(H,26,29). The van der Waals surface area contributed by atoms with Gasteiger partial charge in [-0.3, -0.25) is 19.0 Å². The normalized spacial score (nSPS) is 12.7. The Morgan fingerprint density at radius 2 is 1.72 bits per heavy atom. The second-order valence-electron chi connectivity index (χ2n) is 7.42. The van der Waals surface area contributed by atoms with Gasteiger partial charge in [0.1, 0.15) is 5.56 Å². The molecular weight excluding hydrogens is 408 g/mol. The molecule has 1 aliphatic carbocycles. The molecule has 7 nitrogen and oxygen atoms in total. The van der Waals surface area contributed by atoms with Crippen LogP contribution in [0.3, 0.4) is 0 Å². The SMILES string of the molecule is CCOC(=O)c1ccc(NC(=O)c2cc3c(n(-c4ccccc4)c2=O)CCCC3=O)cc1. The first-order valence-corrected chi connectivity index (χ1v) is 10.5. The number of Topliss-reactive ketones (excluding diaryl/α,β-unsaturated/α-hetero) is 1. The van der Waals surface area contributed by atoms with Gasteiger partial charge in [-0.2, -0.15) is 0 Å². The molecule has 3 aromatic rings. The molecule has 2 aromatic carbocycles. The molecule has 0 atom stereocenters. The molecule has 0 radical (unpaired) electrons. The van der Waals surface area contributed by atoms with Crippen molar-refractivity contribution < 1.29 is 19.1 Å². The van der Waals surface area contributed by atoms with Gasteiger partial charge in [0.05, 0.1) is 12.2 Å². The van der Waals surface area contributed by atoms with Gasteiger partial charge in [0.2, 0.25) is 0 Å². The summed E-state index contributed by atoms with van der Waals surface area (Å²) in [6, 6.07) is 16.6. The first-order chi connectivity index (χ1) is 15.5. The van der Waals surface area contributed by atoms with Gasteiger partial charge >= 0.3 is 5.97 Å². The molecule has 32 heavy (non-hydrogen) atoms. The summed E-state index contributed by atoms with van der Waals surface area (Å²) in [5, 5.41) is 2.68. The fourth-order valence-electron chi connectivity index (χ4n) is 3.81. The van der Waals surface area contributed by atoms with Crippen molar-refractivity contribution in [1.82, 2.24) is 4.57 Å². The number of benzene rings is 2. The zero-order valence-electron chi connectivity index (χ0n) is 17.6. The van der Waals surface area contributed by atoms with Crippen LogP contribution in [-0.2, 0) is 11.2 Å². The van der Waals surface area contributed by atoms with E-state index in [0.29, 0.717) is 47.5 Å². The summed E-state index contributed by atoms with van der Waals surface area (Å²) in [4.78, 5) is 50.7. The van der Waals surface area contributed by atoms with E-state index in [0.717, 1.165) is 0 Å². The lowest BCUT2D eigenvalue weighted by atomic mass is 9.92. The van der Waals surface area contributed by atoms with Crippen molar-refractivity contribution >= 4 is 23.3 Å². The quantitative estimate of drug-likeness (QED) is 0.622. The number of ketones is 1. The van der Waals surface area contributed by atoms with Crippen molar-refractivity contribution in [2.45, 2.75) is 26.2 Å². The third-order valence-electron chi connectivity index (χ3n) is 5.33. The summed E-state index contributed by atoms with van der Waals surface area (Å²) < 4.78 is 6.41. The lowest BCUT2D eigenvalue weighted by molar-refractivity contribution is 0.0526. The van der Waals surface area contributed by atoms with Crippen LogP contribution in [0, 0.1) is 0 Å². The molecule has 0 spiro atoms. The number of aromatic nitrogens is 1. The molecule has 1 aliphatic rings. The Labute approximate surface area is 184 Å². The third-order valence-corrected chi connectivity index (χ3v) is 5.33. The van der Waals surface area contributed by atoms with Crippen LogP contribution in [0.15, 0.2) is 65.5 Å². The van der Waals surface area contributed by atoms with Crippen LogP contribution < -0.4 is 10.9 Å². The minimum absolute atomic E-state index is 0.0798. The fraction of sp³-hybridized carbons (Fsp3) is 0.200. The number of nitrogens with one attached hydrogen (secondary N) is 1. The van der Waals surface area contributed by atoms with E-state index in [-0.39, 0.29) is 18.0 Å². The van der Waals surface area contributed by atoms with Crippen LogP contribution in [-0.4, -0.2) is 28.8 Å². The average Bonchev–Trinajstić information content (AvgIpc) is 2.80. The molecule has 0 aliphatic heterocycles. The van der Waals surface area contributed by atoms with Crippen LogP contribution in [0.25, 0.3) is 5.69 Å². The largest absolute Gasteiger partial charge is 0.462 e. The number of pyridine rings is 1. The minimum atomic E-state index is -0.621. The monoisotopic (exact) mass is 430 g/mol. The van der Waals surface area contributed by atoms with Crippen molar-refractivity contribution in [2.75, 3.05) is 11.9 Å². The molecule has 1 aromatic heterocycles. The number of ether oxygens (including phenoxy) is 1. The Bertz CT molecular complexity index is 1240. The molecule has 0 unspecified atom stereocenters. The Hall–Kier alpha value is -4.00. The van der Waals surface area contributed by atoms with Crippen LogP contribution in [0.4, 0.5) is 5.69 Å². The van der Waals surface area contributed by atoms with Crippen molar-refractivity contribution in [3.05, 3.63) is 93.4 Å². The lowest BCUT2D eigenvalue weighted by Gasteiger charge is -2.21. The fourth-order valence-corrected chi connectivity index (χ4v) is 3.81. The summed E-state index contributed by atoms with van der Waals surface area (Å²) in [6.07, 6.45) is 1.63. The van der Waals surface area contributed by atoms with E-state index in [4.69, 9.17) is 4.74 Å². The first kappa shape index (κ1) is 21.2. The number of carbonyl (C=O) groups is 3. The number of nitrogens with zero attached hydrogens (tertiary/aromatic N) is 1. The highest BCUT2D eigenvalue weighted by Crippen LogP contribution is 2.24. The summed E-state index contributed by atoms with van der Waals surface area (Å²) in [7, 11) is 0. The molecule has 1 heterocycles. The van der Waals surface area contributed by atoms with Crippen molar-refractivity contribution in [1.29, 1.82) is 0 Å². The second kappa shape index (κ2) is 9.01. The summed E-state index contributed by atoms with van der Waals surface area (Å²) in [6.45, 7) is 1.99. The van der Waals surface area contributed by atoms with E-state index in [1.54, 1.807) is 43.3 Å². The van der Waals surface area contributed by atoms with E-state index in [2.05, 4.69) is 5.32 Å². The highest BCUT2D eigenvalue weighted by atomic mass is 16.5. The number of hydrogen-bond acceptors (Lipinski definition) is 5. The van der Waals surface area contributed by atoms with Crippen LogP contribution in [0.5, 0.6) is 0 Å². The molecule has 0 saturated heterocycles. The molecular formula is C25H22N2O5. The molecule has 1 N–H and O–H groups in total. The topological polar surface area (TPSA) is 94.5 Å². The molecule has 4 rings (SSSR count). The predicted octanol–water partition coefficient (Wildman–Crippen LogP) is 3.79. The molecule has 162 valence electrons. The van der Waals surface area contributed by atoms with Gasteiger partial charge in [0.15, 0.2) is 5.78 Å². The maximum absolute atomic E-state index is 13.3. The predicted molar refractivity (Wildman–Crippen MR) is 120 cm³/mol. The molecule has 7 heteroatoms. The minimum Gasteiger partial charge on any atom is -0.462 e. The molecule has 0 saturated carbocycles. The number of anilines is 1.